The summed E-state index contributed by atoms with van der Waals surface area (Å²) in [6, 6.07) is 13.3. The Morgan fingerprint density at radius 2 is 1.96 bits per heavy atom. The quantitative estimate of drug-likeness (QED) is 0.677. The predicted molar refractivity (Wildman–Crippen MR) is 93.6 cm³/mol. The largest absolute Gasteiger partial charge is 0.343 e. The van der Waals surface area contributed by atoms with E-state index in [4.69, 9.17) is 0 Å². The molecule has 0 aliphatic rings. The summed E-state index contributed by atoms with van der Waals surface area (Å²) < 4.78 is 28.5. The Morgan fingerprint density at radius 3 is 2.68 bits per heavy atom. The lowest BCUT2D eigenvalue weighted by Gasteiger charge is -2.13. The van der Waals surface area contributed by atoms with Gasteiger partial charge in [-0.25, -0.2) is 18.7 Å². The number of rotatable bonds is 6. The van der Waals surface area contributed by atoms with Crippen molar-refractivity contribution in [2.45, 2.75) is 30.3 Å². The molecule has 0 aliphatic carbocycles. The monoisotopic (exact) mass is 361 g/mol. The van der Waals surface area contributed by atoms with Crippen LogP contribution in [-0.4, -0.2) is 14.8 Å². The van der Waals surface area contributed by atoms with Gasteiger partial charge in [-0.1, -0.05) is 48.2 Å². The molecule has 25 heavy (non-hydrogen) atoms. The molecule has 3 aromatic rings. The lowest BCUT2D eigenvalue weighted by atomic mass is 10.1. The van der Waals surface area contributed by atoms with E-state index in [-0.39, 0.29) is 10.9 Å². The number of nitrogens with one attached hydrogen (secondary N) is 1. The van der Waals surface area contributed by atoms with Crippen LogP contribution in [0, 0.1) is 11.6 Å². The van der Waals surface area contributed by atoms with E-state index >= 15 is 0 Å². The smallest absolute Gasteiger partial charge is 0.270 e. The molecular formula is C18H17F2N3OS. The van der Waals surface area contributed by atoms with Gasteiger partial charge < -0.3 is 0 Å². The molecule has 0 spiro atoms. The van der Waals surface area contributed by atoms with Crippen LogP contribution in [0.25, 0.3) is 0 Å². The van der Waals surface area contributed by atoms with Gasteiger partial charge in [0.2, 0.25) is 0 Å². The first-order valence-electron chi connectivity index (χ1n) is 7.85. The second kappa shape index (κ2) is 7.65. The van der Waals surface area contributed by atoms with E-state index in [1.807, 2.05) is 30.3 Å². The topological polar surface area (TPSA) is 50.7 Å². The predicted octanol–water partition coefficient (Wildman–Crippen LogP) is 3.95. The minimum atomic E-state index is -0.613. The van der Waals surface area contributed by atoms with Crippen LogP contribution in [0.1, 0.15) is 23.3 Å². The van der Waals surface area contributed by atoms with Crippen LogP contribution in [0.5, 0.6) is 0 Å². The second-order valence-electron chi connectivity index (χ2n) is 5.62. The number of aromatic amines is 1. The maximum absolute atomic E-state index is 13.9. The van der Waals surface area contributed by atoms with Gasteiger partial charge in [0.15, 0.2) is 5.16 Å². The number of hydrogen-bond acceptors (Lipinski definition) is 3. The van der Waals surface area contributed by atoms with Crippen molar-refractivity contribution in [2.75, 3.05) is 0 Å². The molecule has 4 nitrogen and oxygen atoms in total. The lowest BCUT2D eigenvalue weighted by Crippen LogP contribution is -2.19. The minimum absolute atomic E-state index is 0.301. The van der Waals surface area contributed by atoms with Crippen LogP contribution in [0.2, 0.25) is 0 Å². The van der Waals surface area contributed by atoms with E-state index in [0.717, 1.165) is 11.6 Å². The van der Waals surface area contributed by atoms with Gasteiger partial charge in [-0.3, -0.25) is 4.57 Å². The maximum atomic E-state index is 13.9. The zero-order valence-corrected chi connectivity index (χ0v) is 14.4. The standard InChI is InChI=1S/C18H17F2N3OS/c1-12(15-8-7-14(19)11-16(15)20)25-18-22-21-17(24)23(18)10-9-13-5-3-2-4-6-13/h2-8,11-12H,9-10H2,1H3,(H,21,24). The Balaban J connectivity index is 1.75. The molecule has 0 fully saturated rings. The number of halogens is 2. The van der Waals surface area contributed by atoms with Crippen molar-refractivity contribution >= 4 is 11.8 Å². The van der Waals surface area contributed by atoms with Gasteiger partial charge >= 0.3 is 5.69 Å². The summed E-state index contributed by atoms with van der Waals surface area (Å²) in [7, 11) is 0. The van der Waals surface area contributed by atoms with Gasteiger partial charge in [0.25, 0.3) is 0 Å². The van der Waals surface area contributed by atoms with Crippen LogP contribution < -0.4 is 5.69 Å². The third-order valence-electron chi connectivity index (χ3n) is 3.87. The number of nitrogens with zero attached hydrogens (tertiary/aromatic N) is 2. The highest BCUT2D eigenvalue weighted by molar-refractivity contribution is 7.99. The van der Waals surface area contributed by atoms with Crippen molar-refractivity contribution in [3.63, 3.8) is 0 Å². The molecule has 0 radical (unpaired) electrons. The summed E-state index contributed by atoms with van der Waals surface area (Å²) in [5.41, 5.74) is 1.19. The molecule has 0 saturated carbocycles. The lowest BCUT2D eigenvalue weighted by molar-refractivity contribution is 0.572. The van der Waals surface area contributed by atoms with Crippen LogP contribution in [-0.2, 0) is 13.0 Å². The molecule has 7 heteroatoms. The first-order chi connectivity index (χ1) is 12.0. The summed E-state index contributed by atoms with van der Waals surface area (Å²) in [5.74, 6) is -1.22. The number of aromatic nitrogens is 3. The average Bonchev–Trinajstić information content (AvgIpc) is 2.93. The molecule has 1 unspecified atom stereocenters. The van der Waals surface area contributed by atoms with Gasteiger partial charge in [-0.05, 0) is 25.0 Å². The first kappa shape index (κ1) is 17.4. The molecule has 0 bridgehead atoms. The van der Waals surface area contributed by atoms with Crippen molar-refractivity contribution < 1.29 is 8.78 Å². The van der Waals surface area contributed by atoms with E-state index in [0.29, 0.717) is 23.7 Å². The molecule has 1 aromatic heterocycles. The fraction of sp³-hybridized carbons (Fsp3) is 0.222. The van der Waals surface area contributed by atoms with Crippen LogP contribution in [0.3, 0.4) is 0 Å². The van der Waals surface area contributed by atoms with E-state index in [9.17, 15) is 13.6 Å². The molecule has 3 rings (SSSR count). The fourth-order valence-corrected chi connectivity index (χ4v) is 3.56. The fourth-order valence-electron chi connectivity index (χ4n) is 2.53. The van der Waals surface area contributed by atoms with Crippen molar-refractivity contribution in [1.29, 1.82) is 0 Å². The summed E-state index contributed by atoms with van der Waals surface area (Å²) >= 11 is 1.26. The Morgan fingerprint density at radius 1 is 1.20 bits per heavy atom. The molecular weight excluding hydrogens is 344 g/mol. The molecule has 1 N–H and O–H groups in total. The van der Waals surface area contributed by atoms with Gasteiger partial charge in [0.1, 0.15) is 11.6 Å². The second-order valence-corrected chi connectivity index (χ2v) is 6.93. The van der Waals surface area contributed by atoms with E-state index in [1.165, 1.54) is 28.5 Å². The zero-order valence-electron chi connectivity index (χ0n) is 13.6. The van der Waals surface area contributed by atoms with Crippen molar-refractivity contribution in [1.82, 2.24) is 14.8 Å². The van der Waals surface area contributed by atoms with E-state index in [2.05, 4.69) is 10.2 Å². The Bertz CT molecular complexity index is 908. The first-order valence-corrected chi connectivity index (χ1v) is 8.73. The number of hydrogen-bond donors (Lipinski definition) is 1. The van der Waals surface area contributed by atoms with E-state index in [1.54, 1.807) is 6.92 Å². The molecule has 130 valence electrons. The summed E-state index contributed by atoms with van der Waals surface area (Å²) in [6.45, 7) is 2.27. The number of thioether (sulfide) groups is 1. The number of benzene rings is 2. The highest BCUT2D eigenvalue weighted by atomic mass is 32.2. The Labute approximate surface area is 147 Å². The van der Waals surface area contributed by atoms with Crippen LogP contribution in [0.4, 0.5) is 8.78 Å². The van der Waals surface area contributed by atoms with Gasteiger partial charge in [0, 0.05) is 23.4 Å². The Hall–Kier alpha value is -2.41. The molecule has 0 saturated heterocycles. The van der Waals surface area contributed by atoms with Gasteiger partial charge in [-0.2, -0.15) is 0 Å². The Kier molecular flexibility index (Phi) is 5.33. The van der Waals surface area contributed by atoms with Crippen LogP contribution in [0.15, 0.2) is 58.5 Å². The van der Waals surface area contributed by atoms with Gasteiger partial charge in [-0.15, -0.1) is 5.10 Å². The highest BCUT2D eigenvalue weighted by Gasteiger charge is 2.17. The molecule has 1 heterocycles. The molecule has 0 aliphatic heterocycles. The third kappa shape index (κ3) is 4.17. The van der Waals surface area contributed by atoms with Crippen molar-refractivity contribution in [2.24, 2.45) is 0 Å². The maximum Gasteiger partial charge on any atom is 0.343 e. The number of H-pyrrole nitrogens is 1. The minimum Gasteiger partial charge on any atom is -0.270 e. The molecule has 0 amide bonds. The third-order valence-corrected chi connectivity index (χ3v) is 5.00. The highest BCUT2D eigenvalue weighted by Crippen LogP contribution is 2.34. The van der Waals surface area contributed by atoms with Crippen molar-refractivity contribution in [3.8, 4) is 0 Å². The van der Waals surface area contributed by atoms with Crippen molar-refractivity contribution in [3.05, 3.63) is 81.8 Å². The normalized spacial score (nSPS) is 12.3. The summed E-state index contributed by atoms with van der Waals surface area (Å²) in [4.78, 5) is 12.0. The van der Waals surface area contributed by atoms with Gasteiger partial charge in [0.05, 0.1) is 0 Å². The summed E-state index contributed by atoms with van der Waals surface area (Å²) in [6.07, 6.45) is 0.688. The summed E-state index contributed by atoms with van der Waals surface area (Å²) in [5, 5.41) is 6.64. The van der Waals surface area contributed by atoms with Crippen LogP contribution >= 0.6 is 11.8 Å². The van der Waals surface area contributed by atoms with E-state index < -0.39 is 11.6 Å². The molecule has 2 aromatic carbocycles. The number of aryl methyl sites for hydroxylation is 1. The SMILES string of the molecule is CC(Sc1n[nH]c(=O)n1CCc1ccccc1)c1ccc(F)cc1F. The average molecular weight is 361 g/mol. The zero-order chi connectivity index (χ0) is 17.8. The molecule has 1 atom stereocenters.